The largest absolute Gasteiger partial charge is 0.756 e. The number of carbonyl (C=O) groups excluding carboxylic acids is 5. The van der Waals surface area contributed by atoms with E-state index < -0.39 is 191 Å². The average molecular weight is 1490 g/mol. The number of benzene rings is 2. The Hall–Kier alpha value is -10.3. The summed E-state index contributed by atoms with van der Waals surface area (Å²) in [6.07, 6.45) is -11.9. The summed E-state index contributed by atoms with van der Waals surface area (Å²) in [5.74, 6) is 17.9. The fourth-order valence-corrected chi connectivity index (χ4v) is 12.6. The maximum atomic E-state index is 13.9. The third-order valence-corrected chi connectivity index (χ3v) is 17.8. The number of aromatic nitrogens is 7. The molecule has 0 aliphatic carbocycles. The van der Waals surface area contributed by atoms with E-state index in [1.54, 1.807) is 6.07 Å². The molecule has 3 amide bonds. The van der Waals surface area contributed by atoms with Crippen LogP contribution >= 0.6 is 15.6 Å². The summed E-state index contributed by atoms with van der Waals surface area (Å²) in [5, 5.41) is 40.1. The van der Waals surface area contributed by atoms with Crippen molar-refractivity contribution in [2.45, 2.75) is 101 Å². The van der Waals surface area contributed by atoms with Gasteiger partial charge in [-0.05, 0) is 44.2 Å². The third kappa shape index (κ3) is 19.3. The lowest BCUT2D eigenvalue weighted by atomic mass is 10.1. The summed E-state index contributed by atoms with van der Waals surface area (Å²) in [6, 6.07) is 6.79. The van der Waals surface area contributed by atoms with E-state index in [0.29, 0.717) is 5.56 Å². The van der Waals surface area contributed by atoms with E-state index in [2.05, 4.69) is 66.4 Å². The number of hydrogen-bond acceptors (Lipinski definition) is 32. The van der Waals surface area contributed by atoms with Crippen LogP contribution in [0.5, 0.6) is 5.75 Å². The number of nitrogens with two attached hydrogens (primary N) is 4. The summed E-state index contributed by atoms with van der Waals surface area (Å²) < 4.78 is 75.7. The first-order valence-electron chi connectivity index (χ1n) is 30.9. The SMILES string of the molecule is COC[C@H]1O[C@@H](n2cc(C#CCNC(=O)CNC(=O)C(O)CNC(=O)C(N)CN)c(=O)[nH]c2=O)C[C@@H]1OP(=O)([O-])OC[C@H]1O[C@@H](n2cc(C#Cc3ccc(C(C)=O)c([N+](=O)[O-])c3)c(=O)[nH]c2=O)C[C@@H]1OP(=O)([O-])OC[C@H]1O[C@@H](n2cc(C#Cc3ccc(C(C)=O)c(ON)c3)c3c(N)ncnc32)C[C@@H]1O. The van der Waals surface area contributed by atoms with E-state index in [1.807, 2.05) is 4.98 Å². The number of hydrogen-bond donors (Lipinski definition) is 11. The predicted octanol–water partition coefficient (Wildman–Crippen LogP) is -4.56. The van der Waals surface area contributed by atoms with Crippen LogP contribution in [0.1, 0.15) is 100 Å². The number of anilines is 1. The van der Waals surface area contributed by atoms with E-state index in [1.165, 1.54) is 43.0 Å². The Labute approximate surface area is 585 Å². The molecule has 0 spiro atoms. The molecule has 0 radical (unpaired) electrons. The number of Topliss-reactive ketones (excluding diaryl/α,β-unsaturated/α-hetero) is 2. The molecule has 9 rings (SSSR count). The van der Waals surface area contributed by atoms with Gasteiger partial charge in [0.1, 0.15) is 72.0 Å². The molecule has 3 aliphatic rings. The number of ether oxygens (including phenoxy) is 4. The molecule has 3 saturated heterocycles. The number of phosphoric ester groups is 2. The minimum atomic E-state index is -5.67. The first-order valence-corrected chi connectivity index (χ1v) is 33.8. The monoisotopic (exact) mass is 1490 g/mol. The second kappa shape index (κ2) is 33.9. The van der Waals surface area contributed by atoms with Crippen molar-refractivity contribution in [3.8, 4) is 41.3 Å². The zero-order valence-electron chi connectivity index (χ0n) is 54.8. The Balaban J connectivity index is 0.895. The van der Waals surface area contributed by atoms with Crippen LogP contribution in [0, 0.1) is 45.6 Å². The molecule has 104 heavy (non-hydrogen) atoms. The number of carbonyl (C=O) groups is 5. The Morgan fingerprint density at radius 2 is 1.28 bits per heavy atom. The summed E-state index contributed by atoms with van der Waals surface area (Å²) in [7, 11) is -10.1. The van der Waals surface area contributed by atoms with Gasteiger partial charge in [0, 0.05) is 68.7 Å². The van der Waals surface area contributed by atoms with Gasteiger partial charge in [-0.15, -0.1) is 0 Å². The summed E-state index contributed by atoms with van der Waals surface area (Å²) in [6.45, 7) is -1.78. The molecular weight excluding hydrogens is 1420 g/mol. The van der Waals surface area contributed by atoms with Gasteiger partial charge in [0.05, 0.1) is 90.8 Å². The van der Waals surface area contributed by atoms with Gasteiger partial charge < -0.3 is 99.6 Å². The number of amides is 3. The lowest BCUT2D eigenvalue weighted by molar-refractivity contribution is -0.385. The Bertz CT molecular complexity index is 4890. The maximum Gasteiger partial charge on any atom is 0.330 e. The Morgan fingerprint density at radius 1 is 0.740 bits per heavy atom. The molecule has 3 fully saturated rings. The number of H-pyrrole nitrogens is 2. The highest BCUT2D eigenvalue weighted by atomic mass is 31.2. The molecule has 41 nitrogen and oxygen atoms in total. The second-order valence-corrected chi connectivity index (χ2v) is 25.8. The minimum absolute atomic E-state index is 0.0108. The Kier molecular flexibility index (Phi) is 25.4. The molecule has 552 valence electrons. The average Bonchev–Trinajstić information content (AvgIpc) is 1.61. The minimum Gasteiger partial charge on any atom is -0.756 e. The molecule has 15 N–H and O–H groups in total. The van der Waals surface area contributed by atoms with Crippen molar-refractivity contribution in [1.29, 1.82) is 0 Å². The van der Waals surface area contributed by atoms with Crippen LogP contribution in [0.15, 0.2) is 80.5 Å². The van der Waals surface area contributed by atoms with Gasteiger partial charge in [-0.3, -0.25) is 71.9 Å². The topological polar surface area (TPSA) is 613 Å². The number of nitrogens with one attached hydrogen (secondary N) is 5. The first-order chi connectivity index (χ1) is 49.4. The van der Waals surface area contributed by atoms with Gasteiger partial charge in [-0.2, -0.15) is 5.90 Å². The Morgan fingerprint density at radius 3 is 1.86 bits per heavy atom. The highest BCUT2D eigenvalue weighted by Crippen LogP contribution is 2.49. The van der Waals surface area contributed by atoms with Gasteiger partial charge in [0.25, 0.3) is 38.4 Å². The van der Waals surface area contributed by atoms with Gasteiger partial charge >= 0.3 is 11.4 Å². The number of rotatable bonds is 27. The van der Waals surface area contributed by atoms with Crippen molar-refractivity contribution in [3.63, 3.8) is 0 Å². The second-order valence-electron chi connectivity index (χ2n) is 23.0. The number of ketones is 2. The fourth-order valence-electron chi connectivity index (χ4n) is 10.7. The smallest absolute Gasteiger partial charge is 0.330 e. The van der Waals surface area contributed by atoms with Crippen molar-refractivity contribution in [2.24, 2.45) is 17.4 Å². The number of nitrogen functional groups attached to an aromatic ring is 1. The zero-order valence-corrected chi connectivity index (χ0v) is 56.6. The molecule has 6 aromatic rings. The number of nitrogens with zero attached hydrogens (tertiary/aromatic N) is 6. The molecule has 0 saturated carbocycles. The van der Waals surface area contributed by atoms with E-state index in [0.717, 1.165) is 46.9 Å². The number of nitro groups is 1. The van der Waals surface area contributed by atoms with Gasteiger partial charge in [-0.1, -0.05) is 35.5 Å². The van der Waals surface area contributed by atoms with Gasteiger partial charge in [0.2, 0.25) is 11.8 Å². The quantitative estimate of drug-likeness (QED) is 0.00760. The normalized spacial score (nSPS) is 21.5. The number of methoxy groups -OCH3 is 1. The van der Waals surface area contributed by atoms with Crippen molar-refractivity contribution in [2.75, 3.05) is 58.8 Å². The van der Waals surface area contributed by atoms with Crippen LogP contribution < -0.4 is 76.2 Å². The molecular formula is C61H65N15O26P2-2. The predicted molar refractivity (Wildman–Crippen MR) is 350 cm³/mol. The van der Waals surface area contributed by atoms with Crippen molar-refractivity contribution in [3.05, 3.63) is 152 Å². The number of aliphatic hydroxyl groups is 2. The van der Waals surface area contributed by atoms with E-state index in [4.69, 9.17) is 65.0 Å². The fraction of sp³-hybridized carbons (Fsp3) is 0.393. The standard InChI is InChI=1S/C61H67N15O26P2/c1-30(77)37-12-8-32(15-40(37)76(88)89)7-11-36-25-75(61(87)72-57(36)83)52-19-45(102-103(90,91)95-27-46-41(79)17-50(97-46)73-23-34(53-54(64)69-29-70-55(53)73)10-6-33-9-13-38(31(2)78)43(16-33)100-65)48(99-52)28-96-104(92,93)101-44-18-51(98-47(44)26-94-3)74-24-35(56(82)71-60(74)86)5-4-14-66-49(81)22-68-59(85)42(80)21-67-58(84)39(63)20-62/h8-9,12-13,15-16,23-25,29,39,41-42,44-48,50-52,79-80H,14,17-22,26-28,62-63,65H2,1-3H3,(H,66,81)(H,67,84)(H,68,85)(H,90,91)(H,92,93)(H2,64,69,70)(H,71,82,86)(H,72,83,87)/p-2/t39?,41-,42?,44-,45-,46+,47+,48+,50+,51+,52+/m0/s1. The third-order valence-electron chi connectivity index (χ3n) is 15.9. The molecule has 3 aliphatic heterocycles. The van der Waals surface area contributed by atoms with Crippen LogP contribution in [0.2, 0.25) is 0 Å². The van der Waals surface area contributed by atoms with Gasteiger partial charge in [-0.25, -0.2) is 19.6 Å². The lowest BCUT2D eigenvalue weighted by Gasteiger charge is -2.31. The number of phosphoric acid groups is 2. The van der Waals surface area contributed by atoms with Gasteiger partial charge in [0.15, 0.2) is 17.3 Å². The molecule has 13 atom stereocenters. The molecule has 4 aromatic heterocycles. The van der Waals surface area contributed by atoms with Crippen molar-refractivity contribution >= 4 is 67.5 Å². The number of nitro benzene ring substituents is 1. The van der Waals surface area contributed by atoms with Crippen LogP contribution in [0.3, 0.4) is 0 Å². The van der Waals surface area contributed by atoms with Crippen LogP contribution in [0.25, 0.3) is 11.0 Å². The lowest BCUT2D eigenvalue weighted by Crippen LogP contribution is -2.50. The first kappa shape index (κ1) is 77.9. The highest BCUT2D eigenvalue weighted by Gasteiger charge is 2.44. The van der Waals surface area contributed by atoms with Crippen molar-refractivity contribution < 1.29 is 99.9 Å². The molecule has 43 heteroatoms. The summed E-state index contributed by atoms with van der Waals surface area (Å²) >= 11 is 0. The zero-order chi connectivity index (χ0) is 75.5. The van der Waals surface area contributed by atoms with Crippen LogP contribution in [-0.2, 0) is 60.6 Å². The summed E-state index contributed by atoms with van der Waals surface area (Å²) in [4.78, 5) is 169. The van der Waals surface area contributed by atoms with Crippen molar-refractivity contribution in [1.82, 2.24) is 49.6 Å². The molecule has 4 unspecified atom stereocenters. The molecule has 2 aromatic carbocycles. The van der Waals surface area contributed by atoms with Crippen LogP contribution in [0.4, 0.5) is 11.5 Å². The molecule has 0 bridgehead atoms. The molecule has 7 heterocycles. The van der Waals surface area contributed by atoms with E-state index in [-0.39, 0.29) is 75.8 Å². The van der Waals surface area contributed by atoms with E-state index >= 15 is 0 Å². The van der Waals surface area contributed by atoms with Crippen LogP contribution in [-0.4, -0.2) is 180 Å². The number of fused-ring (bicyclic) bond motifs is 1. The highest BCUT2D eigenvalue weighted by molar-refractivity contribution is 7.46. The number of aliphatic hydroxyl groups excluding tert-OH is 2. The van der Waals surface area contributed by atoms with E-state index in [9.17, 15) is 82.4 Å². The summed E-state index contributed by atoms with van der Waals surface area (Å²) in [5.41, 5.74) is 12.2. The maximum absolute atomic E-state index is 13.9. The number of aromatic amines is 2.